The van der Waals surface area contributed by atoms with Gasteiger partial charge < -0.3 is 0 Å². The molecule has 3 rings (SSSR count). The third-order valence-corrected chi connectivity index (χ3v) is 5.48. The van der Waals surface area contributed by atoms with Crippen LogP contribution in [0.4, 0.5) is 8.78 Å². The number of nitrogens with zero attached hydrogens (tertiary/aromatic N) is 2. The summed E-state index contributed by atoms with van der Waals surface area (Å²) in [5, 5.41) is 3.04. The maximum absolute atomic E-state index is 13.7. The molecule has 2 heterocycles. The second-order valence-electron chi connectivity index (χ2n) is 5.69. The molecule has 0 aliphatic carbocycles. The maximum Gasteiger partial charge on any atom is 0.179 e. The molecule has 26 heavy (non-hydrogen) atoms. The molecule has 0 fully saturated rings. The molecule has 2 aromatic heterocycles. The third kappa shape index (κ3) is 3.91. The molecule has 0 aliphatic heterocycles. The van der Waals surface area contributed by atoms with Crippen LogP contribution in [0.5, 0.6) is 0 Å². The van der Waals surface area contributed by atoms with Gasteiger partial charge in [-0.1, -0.05) is 6.07 Å². The normalized spacial score (nSPS) is 10.9. The molecule has 4 nitrogen and oxygen atoms in total. The lowest BCUT2D eigenvalue weighted by Gasteiger charge is -2.03. The Balaban J connectivity index is 1.77. The Labute approximate surface area is 156 Å². The fraction of sp³-hybridized carbons (Fsp3) is 0.222. The Hall–Kier alpha value is -2.32. The monoisotopic (exact) mass is 392 g/mol. The van der Waals surface area contributed by atoms with E-state index in [9.17, 15) is 18.4 Å². The molecule has 0 N–H and O–H groups in total. The minimum absolute atomic E-state index is 0.0222. The first-order chi connectivity index (χ1) is 12.3. The number of carbonyl (C=O) groups excluding carboxylic acids is 2. The topological polar surface area (TPSA) is 59.9 Å². The third-order valence-electron chi connectivity index (χ3n) is 3.64. The minimum Gasteiger partial charge on any atom is -0.299 e. The summed E-state index contributed by atoms with van der Waals surface area (Å²) in [6.45, 7) is 3.25. The van der Waals surface area contributed by atoms with Gasteiger partial charge in [0.1, 0.15) is 28.1 Å². The number of Topliss-reactive ketones (excluding diaryl/α,β-unsaturated/α-hetero) is 2. The Bertz CT molecular complexity index is 975. The number of carbonyl (C=O) groups is 2. The Morgan fingerprint density at radius 3 is 2.46 bits per heavy atom. The van der Waals surface area contributed by atoms with Crippen molar-refractivity contribution in [3.63, 3.8) is 0 Å². The lowest BCUT2D eigenvalue weighted by atomic mass is 10.1. The summed E-state index contributed by atoms with van der Waals surface area (Å²) in [5.41, 5.74) is 0.723. The predicted octanol–water partition coefficient (Wildman–Crippen LogP) is 4.41. The van der Waals surface area contributed by atoms with E-state index in [4.69, 9.17) is 0 Å². The van der Waals surface area contributed by atoms with Gasteiger partial charge in [-0.15, -0.1) is 22.7 Å². The molecule has 0 atom stereocenters. The van der Waals surface area contributed by atoms with Crippen molar-refractivity contribution in [2.45, 2.75) is 26.7 Å². The Morgan fingerprint density at radius 1 is 1.12 bits per heavy atom. The lowest BCUT2D eigenvalue weighted by molar-refractivity contribution is -0.117. The summed E-state index contributed by atoms with van der Waals surface area (Å²) < 4.78 is 27.3. The van der Waals surface area contributed by atoms with Gasteiger partial charge in [0.05, 0.1) is 22.0 Å². The molecule has 8 heteroatoms. The number of hydrogen-bond acceptors (Lipinski definition) is 6. The fourth-order valence-electron chi connectivity index (χ4n) is 2.47. The van der Waals surface area contributed by atoms with Gasteiger partial charge in [-0.25, -0.2) is 18.7 Å². The molecule has 3 aromatic rings. The van der Waals surface area contributed by atoms with Gasteiger partial charge >= 0.3 is 0 Å². The van der Waals surface area contributed by atoms with E-state index < -0.39 is 11.6 Å². The van der Waals surface area contributed by atoms with Gasteiger partial charge in [-0.2, -0.15) is 0 Å². The van der Waals surface area contributed by atoms with Crippen molar-refractivity contribution in [2.24, 2.45) is 0 Å². The van der Waals surface area contributed by atoms with E-state index in [-0.39, 0.29) is 30.0 Å². The second-order valence-corrected chi connectivity index (χ2v) is 7.83. The van der Waals surface area contributed by atoms with E-state index in [0.717, 1.165) is 17.1 Å². The number of rotatable bonds is 6. The van der Waals surface area contributed by atoms with E-state index in [1.165, 1.54) is 35.7 Å². The van der Waals surface area contributed by atoms with Crippen LogP contribution in [-0.4, -0.2) is 21.5 Å². The van der Waals surface area contributed by atoms with Crippen molar-refractivity contribution in [1.29, 1.82) is 0 Å². The SMILES string of the molecule is CC(=O)c1nc(C)sc1-c1csc(CC(=O)Cc2c(F)cccc2F)n1. The number of thiazole rings is 2. The van der Waals surface area contributed by atoms with Crippen molar-refractivity contribution in [3.05, 3.63) is 56.5 Å². The van der Waals surface area contributed by atoms with Crippen molar-refractivity contribution in [3.8, 4) is 10.6 Å². The van der Waals surface area contributed by atoms with Crippen LogP contribution in [0.1, 0.15) is 33.0 Å². The van der Waals surface area contributed by atoms with E-state index in [0.29, 0.717) is 21.3 Å². The molecule has 0 saturated heterocycles. The molecule has 0 radical (unpaired) electrons. The number of hydrogen-bond donors (Lipinski definition) is 0. The predicted molar refractivity (Wildman–Crippen MR) is 96.7 cm³/mol. The zero-order valence-electron chi connectivity index (χ0n) is 14.0. The van der Waals surface area contributed by atoms with Gasteiger partial charge in [0.25, 0.3) is 0 Å². The zero-order valence-corrected chi connectivity index (χ0v) is 15.6. The van der Waals surface area contributed by atoms with Crippen molar-refractivity contribution in [2.75, 3.05) is 0 Å². The van der Waals surface area contributed by atoms with Crippen LogP contribution < -0.4 is 0 Å². The van der Waals surface area contributed by atoms with Crippen LogP contribution in [-0.2, 0) is 17.6 Å². The smallest absolute Gasteiger partial charge is 0.179 e. The van der Waals surface area contributed by atoms with Crippen LogP contribution >= 0.6 is 22.7 Å². The Kier molecular flexibility index (Phi) is 5.33. The zero-order chi connectivity index (χ0) is 18.8. The average Bonchev–Trinajstić information content (AvgIpc) is 3.17. The Morgan fingerprint density at radius 2 is 1.81 bits per heavy atom. The molecule has 0 bridgehead atoms. The standard InChI is InChI=1S/C18H14F2N2O2S2/c1-9(23)17-18(26-10(2)21-17)15-8-25-16(22-15)7-11(24)6-12-13(19)4-3-5-14(12)20/h3-5,8H,6-7H2,1-2H3. The molecule has 134 valence electrons. The highest BCUT2D eigenvalue weighted by Crippen LogP contribution is 2.31. The molecule has 0 aliphatic rings. The number of halogens is 2. The largest absolute Gasteiger partial charge is 0.299 e. The van der Waals surface area contributed by atoms with Gasteiger partial charge in [0.2, 0.25) is 0 Å². The highest BCUT2D eigenvalue weighted by Gasteiger charge is 2.19. The van der Waals surface area contributed by atoms with E-state index in [1.807, 2.05) is 0 Å². The van der Waals surface area contributed by atoms with Crippen LogP contribution in [0.3, 0.4) is 0 Å². The molecule has 0 spiro atoms. The van der Waals surface area contributed by atoms with E-state index >= 15 is 0 Å². The van der Waals surface area contributed by atoms with E-state index in [1.54, 1.807) is 12.3 Å². The summed E-state index contributed by atoms with van der Waals surface area (Å²) in [7, 11) is 0. The average molecular weight is 392 g/mol. The highest BCUT2D eigenvalue weighted by molar-refractivity contribution is 7.16. The summed E-state index contributed by atoms with van der Waals surface area (Å²) in [6.07, 6.45) is -0.350. The molecular weight excluding hydrogens is 378 g/mol. The van der Waals surface area contributed by atoms with Crippen LogP contribution in [0.15, 0.2) is 23.6 Å². The van der Waals surface area contributed by atoms with Crippen LogP contribution in [0.25, 0.3) is 10.6 Å². The summed E-state index contributed by atoms with van der Waals surface area (Å²) in [6, 6.07) is 3.51. The number of ketones is 2. The second kappa shape index (κ2) is 7.51. The van der Waals surface area contributed by atoms with Crippen molar-refractivity contribution in [1.82, 2.24) is 9.97 Å². The number of aryl methyl sites for hydroxylation is 1. The molecule has 0 saturated carbocycles. The van der Waals surface area contributed by atoms with Crippen LogP contribution in [0, 0.1) is 18.6 Å². The van der Waals surface area contributed by atoms with Gasteiger partial charge in [-0.05, 0) is 19.1 Å². The lowest BCUT2D eigenvalue weighted by Crippen LogP contribution is -2.09. The summed E-state index contributed by atoms with van der Waals surface area (Å²) >= 11 is 2.63. The van der Waals surface area contributed by atoms with E-state index in [2.05, 4.69) is 9.97 Å². The first-order valence-electron chi connectivity index (χ1n) is 7.73. The quantitative estimate of drug-likeness (QED) is 0.583. The first-order valence-corrected chi connectivity index (χ1v) is 9.42. The summed E-state index contributed by atoms with van der Waals surface area (Å²) in [4.78, 5) is 33.2. The fourth-order valence-corrected chi connectivity index (χ4v) is 4.28. The highest BCUT2D eigenvalue weighted by atomic mass is 32.1. The molecule has 0 unspecified atom stereocenters. The first kappa shape index (κ1) is 18.5. The van der Waals surface area contributed by atoms with Gasteiger partial charge in [-0.3, -0.25) is 9.59 Å². The van der Waals surface area contributed by atoms with Gasteiger partial charge in [0.15, 0.2) is 5.78 Å². The minimum atomic E-state index is -0.732. The molecule has 0 amide bonds. The summed E-state index contributed by atoms with van der Waals surface area (Å²) in [5.74, 6) is -1.94. The van der Waals surface area contributed by atoms with Crippen molar-refractivity contribution >= 4 is 34.2 Å². The number of aromatic nitrogens is 2. The van der Waals surface area contributed by atoms with Crippen molar-refractivity contribution < 1.29 is 18.4 Å². The number of benzene rings is 1. The van der Waals surface area contributed by atoms with Gasteiger partial charge in [0, 0.05) is 24.3 Å². The molecule has 1 aromatic carbocycles. The maximum atomic E-state index is 13.7. The molecular formula is C18H14F2N2O2S2. The van der Waals surface area contributed by atoms with Crippen LogP contribution in [0.2, 0.25) is 0 Å².